The van der Waals surface area contributed by atoms with E-state index in [0.717, 1.165) is 19.3 Å². The molecule has 0 aromatic rings. The van der Waals surface area contributed by atoms with Crippen LogP contribution in [-0.2, 0) is 52.2 Å². The molecule has 4 aliphatic carbocycles. The van der Waals surface area contributed by atoms with Gasteiger partial charge in [-0.2, -0.15) is 0 Å². The zero-order chi connectivity index (χ0) is 53.6. The topological polar surface area (TPSA) is 372 Å². The van der Waals surface area contributed by atoms with E-state index in [2.05, 4.69) is 19.9 Å². The molecule has 5 aliphatic heterocycles. The molecule has 0 unspecified atom stereocenters. The third-order valence-electron chi connectivity index (χ3n) is 18.6. The van der Waals surface area contributed by atoms with Crippen LogP contribution in [-0.4, -0.2) is 245 Å². The summed E-state index contributed by atoms with van der Waals surface area (Å²) >= 11 is 0. The first-order valence-corrected chi connectivity index (χ1v) is 26.4. The Kier molecular flexibility index (Phi) is 17.2. The number of carbonyl (C=O) groups is 1. The van der Waals surface area contributed by atoms with E-state index in [1.165, 1.54) is 19.4 Å². The van der Waals surface area contributed by atoms with Crippen LogP contribution in [0.15, 0.2) is 11.6 Å². The number of Topliss-reactive ketones (excluding diaryl/α,β-unsaturated/α-hetero) is 1. The van der Waals surface area contributed by atoms with Gasteiger partial charge in [0.15, 0.2) is 31.5 Å². The monoisotopic (exact) mass is 1060 g/mol. The summed E-state index contributed by atoms with van der Waals surface area (Å²) in [7, 11) is 0. The highest BCUT2D eigenvalue weighted by atomic mass is 16.8. The minimum Gasteiger partial charge on any atom is -0.394 e. The molecular formula is C50H80O24. The highest BCUT2D eigenvalue weighted by molar-refractivity contribution is 5.79. The van der Waals surface area contributed by atoms with Gasteiger partial charge in [-0.3, -0.25) is 4.79 Å². The van der Waals surface area contributed by atoms with Gasteiger partial charge in [0.1, 0.15) is 103 Å². The van der Waals surface area contributed by atoms with Gasteiger partial charge in [0.05, 0.1) is 43.7 Å². The molecule has 0 spiro atoms. The predicted molar refractivity (Wildman–Crippen MR) is 246 cm³/mol. The molecule has 8 fully saturated rings. The second-order valence-electron chi connectivity index (χ2n) is 23.1. The number of ketones is 1. The molecule has 0 amide bonds. The van der Waals surface area contributed by atoms with Crippen LogP contribution < -0.4 is 0 Å². The normalized spacial score (nSPS) is 55.9. The largest absolute Gasteiger partial charge is 0.394 e. The molecule has 24 heteroatoms. The molecule has 9 aliphatic rings. The van der Waals surface area contributed by atoms with Crippen molar-refractivity contribution in [3.05, 3.63) is 11.6 Å². The van der Waals surface area contributed by atoms with Gasteiger partial charge in [-0.1, -0.05) is 25.5 Å². The number of hydrogen-bond acceptors (Lipinski definition) is 24. The number of ether oxygens (including phenoxy) is 10. The summed E-state index contributed by atoms with van der Waals surface area (Å²) in [6, 6.07) is 0. The lowest BCUT2D eigenvalue weighted by Gasteiger charge is -2.59. The van der Waals surface area contributed by atoms with Crippen molar-refractivity contribution in [3.8, 4) is 0 Å². The lowest BCUT2D eigenvalue weighted by Crippen LogP contribution is -2.67. The van der Waals surface area contributed by atoms with E-state index in [-0.39, 0.29) is 40.3 Å². The van der Waals surface area contributed by atoms with Crippen LogP contribution in [0, 0.1) is 34.5 Å². The SMILES string of the molecule is CC(=O)[C@H]1CC[C@H]2[C@@H]3C[C@H](O[C@@H]4O[C@H](C)[C@@H](O)[C@H](O[C@@H]5OC[C@@H](O[C@@H]6O[C@H](CO)[C@H](O)[C@H](O)[C@H]6O[C@@H]6O[C@H](C)[C@H](O)[C@H](O)[C@H]6O)[C@H](O)[C@H]5O[C@@H]5O[C@H](C)[C@@H](O)[C@H](O)[C@H]5O)[C@H]4O)[C@H]4C[C@@H](O)CC[C@]4(C)C3=CC[C@]12C. The number of rotatable bonds is 12. The molecule has 13 N–H and O–H groups in total. The molecule has 0 aromatic carbocycles. The standard InChI is InChI=1S/C50H80O24/c1-17(52)23-7-8-24-22-14-27(26-13-21(53)9-11-50(26,6)25(22)10-12-49(23,24)5)69-46-40(64)41(32(56)20(4)68-46)72-47-42(73-44-38(62)35(59)30(54)18(2)66-44)34(58)29(16-65-47)71-48-43(37(61)33(57)28(15-51)70-48)74-45-39(63)36(60)31(55)19(3)67-45/h10,18-24,26-48,51,53-64H,7-9,11-16H2,1-6H3/t18-,19-,20-,21+,22+,23-,24+,26-,27+,28-,29-,30-,31+,32-,33+,34+,35+,36+,37+,38-,39-,40-,41+,42-,43-,44+,45+,46+,47+,48+,49-,50-/m1/s1. The molecule has 5 heterocycles. The highest BCUT2D eigenvalue weighted by Gasteiger charge is 2.62. The quantitative estimate of drug-likeness (QED) is 0.0838. The lowest BCUT2D eigenvalue weighted by atomic mass is 9.48. The molecule has 32 atom stereocenters. The van der Waals surface area contributed by atoms with Crippen molar-refractivity contribution in [3.63, 3.8) is 0 Å². The van der Waals surface area contributed by atoms with Gasteiger partial charge in [0.2, 0.25) is 0 Å². The Balaban J connectivity index is 0.966. The second-order valence-corrected chi connectivity index (χ2v) is 23.1. The average Bonchev–Trinajstić information content (AvgIpc) is 3.73. The maximum absolute atomic E-state index is 12.9. The molecule has 74 heavy (non-hydrogen) atoms. The van der Waals surface area contributed by atoms with Crippen LogP contribution in [0.5, 0.6) is 0 Å². The summed E-state index contributed by atoms with van der Waals surface area (Å²) in [5.74, 6) is 0.166. The summed E-state index contributed by atoms with van der Waals surface area (Å²) in [5.41, 5.74) is 0.717. The smallest absolute Gasteiger partial charge is 0.187 e. The first kappa shape index (κ1) is 57.2. The van der Waals surface area contributed by atoms with Gasteiger partial charge in [0.25, 0.3) is 0 Å². The fourth-order valence-corrected chi connectivity index (χ4v) is 14.1. The summed E-state index contributed by atoms with van der Waals surface area (Å²) < 4.78 is 60.8. The van der Waals surface area contributed by atoms with E-state index in [0.29, 0.717) is 25.7 Å². The lowest BCUT2D eigenvalue weighted by molar-refractivity contribution is -0.398. The van der Waals surface area contributed by atoms with Crippen LogP contribution in [0.4, 0.5) is 0 Å². The average molecular weight is 1070 g/mol. The Morgan fingerprint density at radius 1 is 0.568 bits per heavy atom. The number of aliphatic hydroxyl groups is 13. The van der Waals surface area contributed by atoms with Gasteiger partial charge in [-0.05, 0) is 101 Å². The van der Waals surface area contributed by atoms with Gasteiger partial charge in [-0.25, -0.2) is 0 Å². The molecule has 0 radical (unpaired) electrons. The van der Waals surface area contributed by atoms with Gasteiger partial charge in [-0.15, -0.1) is 0 Å². The number of carbonyl (C=O) groups excluding carboxylic acids is 1. The Labute approximate surface area is 429 Å². The van der Waals surface area contributed by atoms with E-state index in [9.17, 15) is 71.2 Å². The van der Waals surface area contributed by atoms with Gasteiger partial charge in [0, 0.05) is 5.92 Å². The van der Waals surface area contributed by atoms with E-state index >= 15 is 0 Å². The Hall–Kier alpha value is -1.51. The van der Waals surface area contributed by atoms with Crippen LogP contribution in [0.25, 0.3) is 0 Å². The van der Waals surface area contributed by atoms with Crippen molar-refractivity contribution in [2.75, 3.05) is 13.2 Å². The van der Waals surface area contributed by atoms with Crippen LogP contribution in [0.2, 0.25) is 0 Å². The fourth-order valence-electron chi connectivity index (χ4n) is 14.1. The zero-order valence-electron chi connectivity index (χ0n) is 42.6. The van der Waals surface area contributed by atoms with Crippen LogP contribution in [0.3, 0.4) is 0 Å². The predicted octanol–water partition coefficient (Wildman–Crippen LogP) is -3.67. The molecular weight excluding hydrogens is 985 g/mol. The maximum atomic E-state index is 12.9. The van der Waals surface area contributed by atoms with E-state index in [4.69, 9.17) is 47.4 Å². The molecule has 5 saturated heterocycles. The van der Waals surface area contributed by atoms with Gasteiger partial charge < -0.3 is 114 Å². The van der Waals surface area contributed by atoms with Crippen molar-refractivity contribution >= 4 is 5.78 Å². The number of hydrogen-bond donors (Lipinski definition) is 13. The van der Waals surface area contributed by atoms with E-state index in [1.807, 2.05) is 0 Å². The van der Waals surface area contributed by atoms with Crippen LogP contribution >= 0.6 is 0 Å². The van der Waals surface area contributed by atoms with Crippen molar-refractivity contribution in [2.24, 2.45) is 34.5 Å². The number of fused-ring (bicyclic) bond motifs is 5. The summed E-state index contributed by atoms with van der Waals surface area (Å²) in [5, 5.41) is 143. The minimum absolute atomic E-state index is 0.0572. The van der Waals surface area contributed by atoms with Crippen molar-refractivity contribution in [1.82, 2.24) is 0 Å². The van der Waals surface area contributed by atoms with E-state index < -0.39 is 173 Å². The number of allylic oxidation sites excluding steroid dienone is 2. The molecule has 0 bridgehead atoms. The first-order chi connectivity index (χ1) is 34.9. The molecule has 0 aromatic heterocycles. The van der Waals surface area contributed by atoms with Crippen molar-refractivity contribution in [1.29, 1.82) is 0 Å². The number of aliphatic hydroxyl groups excluding tert-OH is 13. The van der Waals surface area contributed by atoms with Crippen LogP contribution in [0.1, 0.15) is 86.5 Å². The second kappa shape index (κ2) is 22.2. The third-order valence-corrected chi connectivity index (χ3v) is 18.6. The Morgan fingerprint density at radius 3 is 1.72 bits per heavy atom. The van der Waals surface area contributed by atoms with E-state index in [1.54, 1.807) is 13.8 Å². The first-order valence-electron chi connectivity index (χ1n) is 26.4. The minimum atomic E-state index is -1.92. The van der Waals surface area contributed by atoms with Crippen molar-refractivity contribution < 1.29 is 119 Å². The highest BCUT2D eigenvalue weighted by Crippen LogP contribution is 2.66. The molecule has 3 saturated carbocycles. The summed E-state index contributed by atoms with van der Waals surface area (Å²) in [6.45, 7) is 8.97. The Morgan fingerprint density at radius 2 is 1.12 bits per heavy atom. The maximum Gasteiger partial charge on any atom is 0.187 e. The summed E-state index contributed by atoms with van der Waals surface area (Å²) in [4.78, 5) is 12.9. The van der Waals surface area contributed by atoms with Gasteiger partial charge >= 0.3 is 0 Å². The third kappa shape index (κ3) is 10.2. The zero-order valence-corrected chi connectivity index (χ0v) is 42.6. The molecule has 424 valence electrons. The summed E-state index contributed by atoms with van der Waals surface area (Å²) in [6.07, 6.45) is -33.5. The fraction of sp³-hybridized carbons (Fsp3) is 0.940. The Bertz CT molecular complexity index is 1970. The van der Waals surface area contributed by atoms with Crippen molar-refractivity contribution in [2.45, 2.75) is 246 Å². The molecule has 9 rings (SSSR count). The molecule has 24 nitrogen and oxygen atoms in total.